The van der Waals surface area contributed by atoms with Gasteiger partial charge in [0, 0.05) is 17.3 Å². The number of methoxy groups -OCH3 is 1. The standard InChI is InChI=1S/C20H18ClN3O5/c1-3-28-16-10-12(9-15(21)18(16)27-2)7-8-17(25)22-14-6-4-5-13(11-14)19-23-20(26)29-24-19/h4-11H,3H2,1-2H3,(H,22,25)(H,23,24,26)/b8-7+. The Balaban J connectivity index is 1.74. The summed E-state index contributed by atoms with van der Waals surface area (Å²) in [7, 11) is 1.51. The molecule has 0 aliphatic rings. The van der Waals surface area contributed by atoms with Crippen molar-refractivity contribution >= 4 is 29.3 Å². The lowest BCUT2D eigenvalue weighted by Crippen LogP contribution is -2.07. The van der Waals surface area contributed by atoms with Gasteiger partial charge in [-0.1, -0.05) is 28.9 Å². The number of hydrogen-bond acceptors (Lipinski definition) is 6. The van der Waals surface area contributed by atoms with Crippen LogP contribution in [0.2, 0.25) is 5.02 Å². The number of aromatic amines is 1. The molecule has 1 amide bonds. The van der Waals surface area contributed by atoms with Crippen LogP contribution in [-0.4, -0.2) is 29.8 Å². The highest BCUT2D eigenvalue weighted by molar-refractivity contribution is 6.32. The summed E-state index contributed by atoms with van der Waals surface area (Å²) in [5.74, 6) is 0.218. The first-order valence-corrected chi connectivity index (χ1v) is 9.03. The van der Waals surface area contributed by atoms with Crippen LogP contribution in [0.4, 0.5) is 5.69 Å². The minimum Gasteiger partial charge on any atom is -0.491 e. The fourth-order valence-corrected chi connectivity index (χ4v) is 2.90. The number of benzene rings is 2. The molecule has 150 valence electrons. The van der Waals surface area contributed by atoms with Gasteiger partial charge in [-0.2, -0.15) is 0 Å². The smallest absolute Gasteiger partial charge is 0.439 e. The molecule has 0 aliphatic carbocycles. The van der Waals surface area contributed by atoms with Crippen molar-refractivity contribution in [3.05, 3.63) is 63.6 Å². The Hall–Kier alpha value is -3.52. The van der Waals surface area contributed by atoms with Crippen molar-refractivity contribution < 1.29 is 18.8 Å². The summed E-state index contributed by atoms with van der Waals surface area (Å²) in [6.45, 7) is 2.31. The number of amides is 1. The second-order valence-electron chi connectivity index (χ2n) is 5.81. The monoisotopic (exact) mass is 415 g/mol. The van der Waals surface area contributed by atoms with E-state index in [0.717, 1.165) is 0 Å². The van der Waals surface area contributed by atoms with Gasteiger partial charge in [-0.3, -0.25) is 14.3 Å². The molecule has 0 saturated heterocycles. The van der Waals surface area contributed by atoms with E-state index < -0.39 is 5.76 Å². The minimum atomic E-state index is -0.651. The molecule has 2 N–H and O–H groups in total. The van der Waals surface area contributed by atoms with Crippen molar-refractivity contribution in [1.82, 2.24) is 10.1 Å². The zero-order chi connectivity index (χ0) is 20.8. The van der Waals surface area contributed by atoms with Gasteiger partial charge >= 0.3 is 5.76 Å². The number of aromatic nitrogens is 2. The number of ether oxygens (including phenoxy) is 2. The summed E-state index contributed by atoms with van der Waals surface area (Å²) in [4.78, 5) is 25.8. The largest absolute Gasteiger partial charge is 0.491 e. The van der Waals surface area contributed by atoms with Crippen molar-refractivity contribution in [2.75, 3.05) is 19.0 Å². The third-order valence-corrected chi connectivity index (χ3v) is 4.09. The van der Waals surface area contributed by atoms with Crippen LogP contribution in [0.1, 0.15) is 12.5 Å². The Morgan fingerprint density at radius 1 is 1.34 bits per heavy atom. The van der Waals surface area contributed by atoms with E-state index in [0.29, 0.717) is 39.9 Å². The highest BCUT2D eigenvalue weighted by atomic mass is 35.5. The second-order valence-corrected chi connectivity index (χ2v) is 6.22. The average molecular weight is 416 g/mol. The molecule has 2 aromatic carbocycles. The van der Waals surface area contributed by atoms with Gasteiger partial charge in [0.2, 0.25) is 5.91 Å². The van der Waals surface area contributed by atoms with Crippen molar-refractivity contribution in [2.24, 2.45) is 0 Å². The summed E-state index contributed by atoms with van der Waals surface area (Å²) in [5.41, 5.74) is 1.81. The molecule has 0 unspecified atom stereocenters. The van der Waals surface area contributed by atoms with Crippen molar-refractivity contribution in [1.29, 1.82) is 0 Å². The number of carbonyl (C=O) groups excluding carboxylic acids is 1. The summed E-state index contributed by atoms with van der Waals surface area (Å²) in [5, 5.41) is 6.75. The number of anilines is 1. The quantitative estimate of drug-likeness (QED) is 0.569. The maximum absolute atomic E-state index is 12.3. The summed E-state index contributed by atoms with van der Waals surface area (Å²) < 4.78 is 15.3. The third-order valence-electron chi connectivity index (χ3n) is 3.81. The van der Waals surface area contributed by atoms with Crippen LogP contribution >= 0.6 is 11.6 Å². The predicted molar refractivity (Wildman–Crippen MR) is 109 cm³/mol. The van der Waals surface area contributed by atoms with Gasteiger partial charge in [0.1, 0.15) is 0 Å². The van der Waals surface area contributed by atoms with Gasteiger partial charge < -0.3 is 14.8 Å². The molecule has 0 bridgehead atoms. The van der Waals surface area contributed by atoms with E-state index in [1.165, 1.54) is 13.2 Å². The Kier molecular flexibility index (Phi) is 6.36. The maximum Gasteiger partial charge on any atom is 0.439 e. The van der Waals surface area contributed by atoms with Gasteiger partial charge in [0.25, 0.3) is 0 Å². The van der Waals surface area contributed by atoms with Gasteiger partial charge in [0.15, 0.2) is 17.3 Å². The van der Waals surface area contributed by atoms with Gasteiger partial charge in [-0.15, -0.1) is 0 Å². The number of nitrogens with one attached hydrogen (secondary N) is 2. The molecule has 1 heterocycles. The zero-order valence-electron chi connectivity index (χ0n) is 15.7. The molecule has 3 aromatic rings. The highest BCUT2D eigenvalue weighted by Gasteiger charge is 2.11. The first-order chi connectivity index (χ1) is 14.0. The van der Waals surface area contributed by atoms with Crippen LogP contribution in [-0.2, 0) is 4.79 Å². The van der Waals surface area contributed by atoms with Crippen LogP contribution in [0.25, 0.3) is 17.5 Å². The SMILES string of the molecule is CCOc1cc(/C=C/C(=O)Nc2cccc(-c3noc(=O)[nH]3)c2)cc(Cl)c1OC. The lowest BCUT2D eigenvalue weighted by molar-refractivity contribution is -0.111. The van der Waals surface area contributed by atoms with E-state index in [1.54, 1.807) is 42.5 Å². The molecular formula is C20H18ClN3O5. The van der Waals surface area contributed by atoms with Gasteiger partial charge in [-0.05, 0) is 42.8 Å². The molecule has 0 atom stereocenters. The topological polar surface area (TPSA) is 106 Å². The zero-order valence-corrected chi connectivity index (χ0v) is 16.4. The van der Waals surface area contributed by atoms with Crippen molar-refractivity contribution in [3.8, 4) is 22.9 Å². The predicted octanol–water partition coefficient (Wildman–Crippen LogP) is 3.74. The molecule has 0 fully saturated rings. The van der Waals surface area contributed by atoms with Crippen molar-refractivity contribution in [3.63, 3.8) is 0 Å². The Labute approximate surface area is 171 Å². The number of nitrogens with zero attached hydrogens (tertiary/aromatic N) is 1. The molecule has 0 spiro atoms. The fourth-order valence-electron chi connectivity index (χ4n) is 2.60. The first kappa shape index (κ1) is 20.2. The number of halogens is 1. The lowest BCUT2D eigenvalue weighted by atomic mass is 10.1. The van der Waals surface area contributed by atoms with Crippen LogP contribution in [0, 0.1) is 0 Å². The molecule has 9 heteroatoms. The highest BCUT2D eigenvalue weighted by Crippen LogP contribution is 2.36. The summed E-state index contributed by atoms with van der Waals surface area (Å²) in [6.07, 6.45) is 2.99. The van der Waals surface area contributed by atoms with Crippen LogP contribution < -0.4 is 20.5 Å². The molecule has 29 heavy (non-hydrogen) atoms. The lowest BCUT2D eigenvalue weighted by Gasteiger charge is -2.11. The normalized spacial score (nSPS) is 10.9. The Morgan fingerprint density at radius 2 is 2.17 bits per heavy atom. The Bertz CT molecular complexity index is 1100. The van der Waals surface area contributed by atoms with E-state index in [2.05, 4.69) is 20.0 Å². The van der Waals surface area contributed by atoms with E-state index in [1.807, 2.05) is 6.92 Å². The van der Waals surface area contributed by atoms with Crippen molar-refractivity contribution in [2.45, 2.75) is 6.92 Å². The molecule has 0 aliphatic heterocycles. The number of carbonyl (C=O) groups is 1. The Morgan fingerprint density at radius 3 is 2.86 bits per heavy atom. The van der Waals surface area contributed by atoms with E-state index >= 15 is 0 Å². The number of rotatable bonds is 7. The van der Waals surface area contributed by atoms with Crippen LogP contribution in [0.5, 0.6) is 11.5 Å². The average Bonchev–Trinajstić information content (AvgIpc) is 3.13. The second kappa shape index (κ2) is 9.11. The molecular weight excluding hydrogens is 398 g/mol. The van der Waals surface area contributed by atoms with E-state index in [-0.39, 0.29) is 11.7 Å². The minimum absolute atomic E-state index is 0.276. The molecule has 0 radical (unpaired) electrons. The van der Waals surface area contributed by atoms with Crippen LogP contribution in [0.15, 0.2) is 51.8 Å². The molecule has 0 saturated carbocycles. The number of hydrogen-bond donors (Lipinski definition) is 2. The number of H-pyrrole nitrogens is 1. The third kappa shape index (κ3) is 5.05. The maximum atomic E-state index is 12.3. The van der Waals surface area contributed by atoms with Gasteiger partial charge in [-0.25, -0.2) is 4.79 Å². The molecule has 1 aromatic heterocycles. The molecule has 8 nitrogen and oxygen atoms in total. The fraction of sp³-hybridized carbons (Fsp3) is 0.150. The molecule has 3 rings (SSSR count). The van der Waals surface area contributed by atoms with Gasteiger partial charge in [0.05, 0.1) is 18.7 Å². The first-order valence-electron chi connectivity index (χ1n) is 8.66. The van der Waals surface area contributed by atoms with Crippen LogP contribution in [0.3, 0.4) is 0 Å². The van der Waals surface area contributed by atoms with E-state index in [4.69, 9.17) is 21.1 Å². The summed E-state index contributed by atoms with van der Waals surface area (Å²) in [6, 6.07) is 10.2. The summed E-state index contributed by atoms with van der Waals surface area (Å²) >= 11 is 6.21. The van der Waals surface area contributed by atoms with E-state index in [9.17, 15) is 9.59 Å².